The number of benzene rings is 1. The van der Waals surface area contributed by atoms with E-state index in [4.69, 9.17) is 0 Å². The van der Waals surface area contributed by atoms with E-state index in [9.17, 15) is 14.4 Å². The molecule has 7 heteroatoms. The van der Waals surface area contributed by atoms with Crippen molar-refractivity contribution < 1.29 is 14.4 Å². The number of fused-ring (bicyclic) bond motifs is 4. The Morgan fingerprint density at radius 1 is 1.28 bits per heavy atom. The predicted molar refractivity (Wildman–Crippen MR) is 95.6 cm³/mol. The van der Waals surface area contributed by atoms with Gasteiger partial charge >= 0.3 is 0 Å². The largest absolute Gasteiger partial charge is 0.324 e. The first kappa shape index (κ1) is 16.7. The summed E-state index contributed by atoms with van der Waals surface area (Å²) < 4.78 is 0.829. The van der Waals surface area contributed by atoms with Crippen LogP contribution in [-0.2, 0) is 19.9 Å². The van der Waals surface area contributed by atoms with Gasteiger partial charge in [-0.2, -0.15) is 0 Å². The molecular weight excluding hydrogens is 386 g/mol. The first-order valence-corrected chi connectivity index (χ1v) is 9.38. The lowest BCUT2D eigenvalue weighted by Gasteiger charge is -2.30. The Labute approximate surface area is 154 Å². The number of carbonyl (C=O) groups is 3. The smallest absolute Gasteiger partial charge is 0.250 e. The molecule has 5 atom stereocenters. The standard InChI is InChI=1S/C18H20BrN3O3/c1-4-8(2)22-15(23)13-9(3)21-18(14(13)16(22)24)11-7-10(19)5-6-12(11)20-17(18)25/h5-9,13-14,21H,4H2,1-3H3,(H,20,25). The van der Waals surface area contributed by atoms with E-state index in [0.717, 1.165) is 10.0 Å². The van der Waals surface area contributed by atoms with Crippen LogP contribution in [-0.4, -0.2) is 34.7 Å². The van der Waals surface area contributed by atoms with Crippen LogP contribution in [0.1, 0.15) is 32.8 Å². The highest BCUT2D eigenvalue weighted by Gasteiger charge is 2.69. The van der Waals surface area contributed by atoms with Gasteiger partial charge in [0.2, 0.25) is 17.7 Å². The van der Waals surface area contributed by atoms with E-state index in [2.05, 4.69) is 26.6 Å². The molecule has 3 aliphatic heterocycles. The van der Waals surface area contributed by atoms with Crippen molar-refractivity contribution in [1.29, 1.82) is 0 Å². The lowest BCUT2D eigenvalue weighted by molar-refractivity contribution is -0.145. The second-order valence-corrected chi connectivity index (χ2v) is 8.11. The lowest BCUT2D eigenvalue weighted by Crippen LogP contribution is -2.53. The number of carbonyl (C=O) groups excluding carboxylic acids is 3. The van der Waals surface area contributed by atoms with Crippen LogP contribution in [0.25, 0.3) is 0 Å². The molecule has 2 N–H and O–H groups in total. The Morgan fingerprint density at radius 2 is 2.00 bits per heavy atom. The third-order valence-corrected chi connectivity index (χ3v) is 6.38. The summed E-state index contributed by atoms with van der Waals surface area (Å²) in [7, 11) is 0. The summed E-state index contributed by atoms with van der Waals surface area (Å²) in [6.45, 7) is 5.70. The van der Waals surface area contributed by atoms with Crippen LogP contribution in [0.2, 0.25) is 0 Å². The molecular formula is C18H20BrN3O3. The third-order valence-electron chi connectivity index (χ3n) is 5.89. The van der Waals surface area contributed by atoms with Gasteiger partial charge in [0.15, 0.2) is 0 Å². The second-order valence-electron chi connectivity index (χ2n) is 7.19. The van der Waals surface area contributed by atoms with Crippen molar-refractivity contribution >= 4 is 39.3 Å². The van der Waals surface area contributed by atoms with E-state index in [0.29, 0.717) is 12.1 Å². The second kappa shape index (κ2) is 5.38. The summed E-state index contributed by atoms with van der Waals surface area (Å²) in [6.07, 6.45) is 0.695. The van der Waals surface area contributed by atoms with Crippen molar-refractivity contribution in [3.05, 3.63) is 28.2 Å². The van der Waals surface area contributed by atoms with E-state index in [-0.39, 0.29) is 29.8 Å². The first-order valence-electron chi connectivity index (χ1n) is 8.59. The number of imide groups is 1. The molecule has 132 valence electrons. The monoisotopic (exact) mass is 405 g/mol. The quantitative estimate of drug-likeness (QED) is 0.737. The maximum Gasteiger partial charge on any atom is 0.250 e. The summed E-state index contributed by atoms with van der Waals surface area (Å²) in [5.74, 6) is -1.90. The minimum absolute atomic E-state index is 0.165. The van der Waals surface area contributed by atoms with Crippen molar-refractivity contribution in [1.82, 2.24) is 10.2 Å². The van der Waals surface area contributed by atoms with Crippen LogP contribution in [0.4, 0.5) is 5.69 Å². The van der Waals surface area contributed by atoms with Gasteiger partial charge in [0, 0.05) is 27.8 Å². The van der Waals surface area contributed by atoms with E-state index >= 15 is 0 Å². The maximum atomic E-state index is 13.2. The molecule has 3 amide bonds. The molecule has 5 unspecified atom stereocenters. The normalized spacial score (nSPS) is 34.5. The fourth-order valence-corrected chi connectivity index (χ4v) is 4.94. The van der Waals surface area contributed by atoms with Crippen molar-refractivity contribution in [3.8, 4) is 0 Å². The average molecular weight is 406 g/mol. The molecule has 25 heavy (non-hydrogen) atoms. The summed E-state index contributed by atoms with van der Waals surface area (Å²) in [4.78, 5) is 40.5. The maximum absolute atomic E-state index is 13.2. The molecule has 2 fully saturated rings. The van der Waals surface area contributed by atoms with Gasteiger partial charge < -0.3 is 5.32 Å². The number of hydrogen-bond acceptors (Lipinski definition) is 4. The minimum Gasteiger partial charge on any atom is -0.324 e. The van der Waals surface area contributed by atoms with Gasteiger partial charge in [0.25, 0.3) is 0 Å². The van der Waals surface area contributed by atoms with Crippen LogP contribution in [0.5, 0.6) is 0 Å². The Hall–Kier alpha value is -1.73. The van der Waals surface area contributed by atoms with E-state index in [1.165, 1.54) is 4.90 Å². The number of nitrogens with zero attached hydrogens (tertiary/aromatic N) is 1. The number of rotatable bonds is 2. The van der Waals surface area contributed by atoms with Crippen LogP contribution < -0.4 is 10.6 Å². The highest BCUT2D eigenvalue weighted by Crippen LogP contribution is 2.53. The van der Waals surface area contributed by atoms with Gasteiger partial charge in [-0.1, -0.05) is 22.9 Å². The molecule has 1 aromatic carbocycles. The SMILES string of the molecule is CCC(C)N1C(=O)C2C(C)NC3(C(=O)Nc4ccc(Br)cc43)C2C1=O. The fourth-order valence-electron chi connectivity index (χ4n) is 4.58. The van der Waals surface area contributed by atoms with Crippen LogP contribution in [0.15, 0.2) is 22.7 Å². The van der Waals surface area contributed by atoms with Crippen LogP contribution in [0, 0.1) is 11.8 Å². The van der Waals surface area contributed by atoms with Crippen LogP contribution >= 0.6 is 15.9 Å². The van der Waals surface area contributed by atoms with Crippen molar-refractivity contribution in [2.75, 3.05) is 5.32 Å². The molecule has 3 heterocycles. The summed E-state index contributed by atoms with van der Waals surface area (Å²) in [6, 6.07) is 5.10. The Morgan fingerprint density at radius 3 is 2.68 bits per heavy atom. The zero-order valence-corrected chi connectivity index (χ0v) is 15.9. The Bertz CT molecular complexity index is 811. The van der Waals surface area contributed by atoms with E-state index in [1.807, 2.05) is 39.0 Å². The number of anilines is 1. The predicted octanol–water partition coefficient (Wildman–Crippen LogP) is 1.99. The topological polar surface area (TPSA) is 78.5 Å². The number of amides is 3. The molecule has 3 aliphatic rings. The molecule has 0 aliphatic carbocycles. The zero-order chi connectivity index (χ0) is 18.1. The summed E-state index contributed by atoms with van der Waals surface area (Å²) in [5.41, 5.74) is 0.243. The lowest BCUT2D eigenvalue weighted by atomic mass is 9.76. The average Bonchev–Trinajstić information content (AvgIpc) is 3.12. The van der Waals surface area contributed by atoms with Gasteiger partial charge in [0.05, 0.1) is 11.8 Å². The molecule has 6 nitrogen and oxygen atoms in total. The highest BCUT2D eigenvalue weighted by molar-refractivity contribution is 9.10. The third kappa shape index (κ3) is 1.96. The molecule has 0 saturated carbocycles. The van der Waals surface area contributed by atoms with Gasteiger partial charge in [-0.3, -0.25) is 24.6 Å². The first-order chi connectivity index (χ1) is 11.8. The molecule has 0 bridgehead atoms. The molecule has 0 aromatic heterocycles. The van der Waals surface area contributed by atoms with E-state index < -0.39 is 17.4 Å². The molecule has 0 radical (unpaired) electrons. The molecule has 2 saturated heterocycles. The molecule has 1 aromatic rings. The number of nitrogens with one attached hydrogen (secondary N) is 2. The van der Waals surface area contributed by atoms with Crippen molar-refractivity contribution in [2.45, 2.75) is 44.8 Å². The molecule has 4 rings (SSSR count). The highest BCUT2D eigenvalue weighted by atomic mass is 79.9. The van der Waals surface area contributed by atoms with Crippen molar-refractivity contribution in [3.63, 3.8) is 0 Å². The zero-order valence-electron chi connectivity index (χ0n) is 14.3. The molecule has 1 spiro atoms. The summed E-state index contributed by atoms with van der Waals surface area (Å²) in [5, 5.41) is 6.18. The minimum atomic E-state index is -1.18. The Kier molecular flexibility index (Phi) is 3.60. The van der Waals surface area contributed by atoms with Crippen LogP contribution in [0.3, 0.4) is 0 Å². The van der Waals surface area contributed by atoms with Gasteiger partial charge in [0.1, 0.15) is 5.54 Å². The van der Waals surface area contributed by atoms with E-state index in [1.54, 1.807) is 0 Å². The van der Waals surface area contributed by atoms with Gasteiger partial charge in [-0.25, -0.2) is 0 Å². The summed E-state index contributed by atoms with van der Waals surface area (Å²) >= 11 is 3.45. The van der Waals surface area contributed by atoms with Gasteiger partial charge in [-0.05, 0) is 38.5 Å². The number of halogens is 1. The van der Waals surface area contributed by atoms with Crippen molar-refractivity contribution in [2.24, 2.45) is 11.8 Å². The Balaban J connectivity index is 1.89. The number of likely N-dealkylation sites (tertiary alicyclic amines) is 1. The fraction of sp³-hybridized carbons (Fsp3) is 0.500. The van der Waals surface area contributed by atoms with Gasteiger partial charge in [-0.15, -0.1) is 0 Å². The number of hydrogen-bond donors (Lipinski definition) is 2.